The van der Waals surface area contributed by atoms with Crippen LogP contribution in [0.4, 0.5) is 10.2 Å². The summed E-state index contributed by atoms with van der Waals surface area (Å²) >= 11 is 6.93. The summed E-state index contributed by atoms with van der Waals surface area (Å²) in [5, 5.41) is 6.86. The number of unbranched alkanes of at least 4 members (excludes halogenated alkanes) is 1. The van der Waals surface area contributed by atoms with Crippen molar-refractivity contribution in [3.63, 3.8) is 0 Å². The first-order chi connectivity index (χ1) is 20.4. The number of rotatable bonds is 7. The molecule has 0 aliphatic carbocycles. The Morgan fingerprint density at radius 2 is 1.64 bits per heavy atom. The summed E-state index contributed by atoms with van der Waals surface area (Å²) in [5.41, 5.74) is 1.60. The number of benzene rings is 3. The molecule has 1 N–H and O–H groups in total. The van der Waals surface area contributed by atoms with Crippen LogP contribution in [-0.2, 0) is 6.42 Å². The summed E-state index contributed by atoms with van der Waals surface area (Å²) in [4.78, 5) is 15.0. The highest BCUT2D eigenvalue weighted by atomic mass is 35.5. The fourth-order valence-electron chi connectivity index (χ4n) is 7.83. The van der Waals surface area contributed by atoms with Gasteiger partial charge in [0.2, 0.25) is 0 Å². The predicted molar refractivity (Wildman–Crippen MR) is 172 cm³/mol. The van der Waals surface area contributed by atoms with Gasteiger partial charge in [-0.05, 0) is 72.9 Å². The molecular formula is C35H41ClFN5. The molecule has 4 aromatic rings. The lowest BCUT2D eigenvalue weighted by atomic mass is 9.92. The van der Waals surface area contributed by atoms with Gasteiger partial charge in [-0.3, -0.25) is 0 Å². The first-order valence-electron chi connectivity index (χ1n) is 15.8. The maximum absolute atomic E-state index is 16.7. The minimum Gasteiger partial charge on any atom is -0.353 e. The van der Waals surface area contributed by atoms with Crippen LogP contribution in [0.1, 0.15) is 51.8 Å². The standard InChI is InChI=1S/C35H41ClFN5/c1-22-16-23(2)19-41(18-22)15-6-5-12-31-39-34-29(35(40-31)42-20-25-13-14-26(21-42)38-25)17-30(36)32(33(34)37)28-11-7-9-24-8-3-4-10-27(24)28/h3-4,7-11,17,22-23,25-26,38H,5-6,12-16,18-21H2,1-2H3. The summed E-state index contributed by atoms with van der Waals surface area (Å²) in [6.07, 6.45) is 6.50. The number of hydrogen-bond acceptors (Lipinski definition) is 5. The Labute approximate surface area is 253 Å². The monoisotopic (exact) mass is 585 g/mol. The highest BCUT2D eigenvalue weighted by molar-refractivity contribution is 6.35. The molecule has 5 nitrogen and oxygen atoms in total. The van der Waals surface area contributed by atoms with Gasteiger partial charge in [-0.15, -0.1) is 0 Å². The number of nitrogens with zero attached hydrogens (tertiary/aromatic N) is 4. The number of hydrogen-bond donors (Lipinski definition) is 1. The van der Waals surface area contributed by atoms with Gasteiger partial charge in [-0.25, -0.2) is 14.4 Å². The van der Waals surface area contributed by atoms with Crippen LogP contribution in [-0.4, -0.2) is 59.7 Å². The molecule has 7 rings (SSSR count). The molecule has 4 atom stereocenters. The van der Waals surface area contributed by atoms with Crippen molar-refractivity contribution < 1.29 is 4.39 Å². The van der Waals surface area contributed by atoms with Crippen molar-refractivity contribution in [1.29, 1.82) is 0 Å². The Morgan fingerprint density at radius 1 is 0.905 bits per heavy atom. The highest BCUT2D eigenvalue weighted by Crippen LogP contribution is 2.41. The van der Waals surface area contributed by atoms with E-state index in [0.717, 1.165) is 78.7 Å². The molecule has 42 heavy (non-hydrogen) atoms. The van der Waals surface area contributed by atoms with Crippen molar-refractivity contribution in [2.75, 3.05) is 37.6 Å². The van der Waals surface area contributed by atoms with E-state index in [1.54, 1.807) is 0 Å². The summed E-state index contributed by atoms with van der Waals surface area (Å²) in [7, 11) is 0. The van der Waals surface area contributed by atoms with Crippen LogP contribution >= 0.6 is 11.6 Å². The number of nitrogens with one attached hydrogen (secondary N) is 1. The maximum atomic E-state index is 16.7. The molecule has 3 aliphatic heterocycles. The SMILES string of the molecule is CC1CC(C)CN(CCCCc2nc(N3CC4CCC(C3)N4)c3cc(Cl)c(-c4cccc5ccccc45)c(F)c3n2)C1. The number of likely N-dealkylation sites (tertiary alicyclic amines) is 1. The van der Waals surface area contributed by atoms with Crippen LogP contribution < -0.4 is 10.2 Å². The van der Waals surface area contributed by atoms with Gasteiger partial charge in [0, 0.05) is 55.6 Å². The third kappa shape index (κ3) is 5.49. The number of aryl methyl sites for hydroxylation is 1. The van der Waals surface area contributed by atoms with Crippen molar-refractivity contribution in [3.05, 3.63) is 65.2 Å². The summed E-state index contributed by atoms with van der Waals surface area (Å²) in [6, 6.07) is 16.8. The predicted octanol–water partition coefficient (Wildman–Crippen LogP) is 7.48. The molecule has 2 bridgehead atoms. The van der Waals surface area contributed by atoms with Crippen molar-refractivity contribution in [2.45, 2.75) is 64.5 Å². The van der Waals surface area contributed by atoms with Gasteiger partial charge in [0.1, 0.15) is 17.2 Å². The van der Waals surface area contributed by atoms with Crippen molar-refractivity contribution >= 4 is 39.1 Å². The maximum Gasteiger partial charge on any atom is 0.158 e. The fraction of sp³-hybridized carbons (Fsp3) is 0.486. The van der Waals surface area contributed by atoms with E-state index in [1.807, 2.05) is 48.5 Å². The quantitative estimate of drug-likeness (QED) is 0.228. The van der Waals surface area contributed by atoms with Gasteiger partial charge in [0.25, 0.3) is 0 Å². The van der Waals surface area contributed by atoms with E-state index < -0.39 is 0 Å². The Kier molecular flexibility index (Phi) is 7.80. The lowest BCUT2D eigenvalue weighted by molar-refractivity contribution is 0.139. The minimum absolute atomic E-state index is 0.354. The molecule has 0 amide bonds. The third-order valence-corrected chi connectivity index (χ3v) is 9.85. The lowest BCUT2D eigenvalue weighted by Crippen LogP contribution is -2.51. The van der Waals surface area contributed by atoms with Crippen LogP contribution in [0, 0.1) is 17.7 Å². The van der Waals surface area contributed by atoms with Crippen molar-refractivity contribution in [2.24, 2.45) is 11.8 Å². The van der Waals surface area contributed by atoms with Crippen LogP contribution in [0.25, 0.3) is 32.8 Å². The Bertz CT molecular complexity index is 1580. The van der Waals surface area contributed by atoms with Gasteiger partial charge >= 0.3 is 0 Å². The van der Waals surface area contributed by atoms with Crippen LogP contribution in [0.2, 0.25) is 5.02 Å². The summed E-state index contributed by atoms with van der Waals surface area (Å²) < 4.78 is 16.7. The van der Waals surface area contributed by atoms with Crippen molar-refractivity contribution in [3.8, 4) is 11.1 Å². The number of piperidine rings is 1. The van der Waals surface area contributed by atoms with E-state index in [9.17, 15) is 0 Å². The van der Waals surface area contributed by atoms with Gasteiger partial charge in [-0.2, -0.15) is 0 Å². The molecular weight excluding hydrogens is 545 g/mol. The highest BCUT2D eigenvalue weighted by Gasteiger charge is 2.34. The van der Waals surface area contributed by atoms with E-state index in [-0.39, 0.29) is 5.82 Å². The summed E-state index contributed by atoms with van der Waals surface area (Å²) in [6.45, 7) is 9.96. The van der Waals surface area contributed by atoms with Gasteiger partial charge < -0.3 is 15.1 Å². The Balaban J connectivity index is 1.24. The van der Waals surface area contributed by atoms with Gasteiger partial charge in [0.15, 0.2) is 5.82 Å². The van der Waals surface area contributed by atoms with E-state index >= 15 is 4.39 Å². The molecule has 0 radical (unpaired) electrons. The first kappa shape index (κ1) is 28.0. The van der Waals surface area contributed by atoms with Gasteiger partial charge in [-0.1, -0.05) is 67.9 Å². The Hall–Kier alpha value is -2.80. The number of piperazine rings is 1. The minimum atomic E-state index is -0.354. The molecule has 3 aromatic carbocycles. The normalized spacial score (nSPS) is 24.6. The smallest absolute Gasteiger partial charge is 0.158 e. The molecule has 4 heterocycles. The van der Waals surface area contributed by atoms with Crippen LogP contribution in [0.5, 0.6) is 0 Å². The second-order valence-electron chi connectivity index (χ2n) is 13.1. The zero-order chi connectivity index (χ0) is 28.8. The number of anilines is 1. The zero-order valence-corrected chi connectivity index (χ0v) is 25.5. The molecule has 0 saturated carbocycles. The topological polar surface area (TPSA) is 44.3 Å². The van der Waals surface area contributed by atoms with E-state index in [2.05, 4.69) is 29.0 Å². The molecule has 3 saturated heterocycles. The van der Waals surface area contributed by atoms with E-state index in [1.165, 1.54) is 32.4 Å². The second-order valence-corrected chi connectivity index (χ2v) is 13.5. The van der Waals surface area contributed by atoms with Crippen LogP contribution in [0.15, 0.2) is 48.5 Å². The van der Waals surface area contributed by atoms with E-state index in [4.69, 9.17) is 21.6 Å². The number of halogens is 2. The van der Waals surface area contributed by atoms with Crippen molar-refractivity contribution in [1.82, 2.24) is 20.2 Å². The number of fused-ring (bicyclic) bond motifs is 4. The summed E-state index contributed by atoms with van der Waals surface area (Å²) in [5.74, 6) is 2.74. The fourth-order valence-corrected chi connectivity index (χ4v) is 8.13. The molecule has 4 unspecified atom stereocenters. The lowest BCUT2D eigenvalue weighted by Gasteiger charge is -2.35. The first-order valence-corrected chi connectivity index (χ1v) is 16.2. The molecule has 0 spiro atoms. The van der Waals surface area contributed by atoms with E-state index in [0.29, 0.717) is 33.6 Å². The average Bonchev–Trinajstić information content (AvgIpc) is 3.32. The molecule has 7 heteroatoms. The molecule has 3 fully saturated rings. The molecule has 3 aliphatic rings. The van der Waals surface area contributed by atoms with Gasteiger partial charge in [0.05, 0.1) is 5.02 Å². The average molecular weight is 586 g/mol. The molecule has 220 valence electrons. The zero-order valence-electron chi connectivity index (χ0n) is 24.8. The Morgan fingerprint density at radius 3 is 2.43 bits per heavy atom. The third-order valence-electron chi connectivity index (χ3n) is 9.55. The largest absolute Gasteiger partial charge is 0.353 e. The second kappa shape index (κ2) is 11.7. The molecule has 1 aromatic heterocycles. The van der Waals surface area contributed by atoms with Crippen LogP contribution in [0.3, 0.4) is 0 Å². The number of aromatic nitrogens is 2.